The number of nitrogens with zero attached hydrogens (tertiary/aromatic N) is 3. The summed E-state index contributed by atoms with van der Waals surface area (Å²) < 4.78 is 34.9. The molecule has 5 fully saturated rings. The molecule has 0 aromatic heterocycles. The Morgan fingerprint density at radius 2 is 2.03 bits per heavy atom. The number of hydrogen-bond acceptors (Lipinski definition) is 9. The van der Waals surface area contributed by atoms with E-state index in [0.29, 0.717) is 32.2 Å². The Morgan fingerprint density at radius 1 is 1.19 bits per heavy atom. The number of hydrogen-bond donors (Lipinski definition) is 4. The second kappa shape index (κ2) is 8.50. The molecule has 10 nitrogen and oxygen atoms in total. The van der Waals surface area contributed by atoms with Crippen molar-refractivity contribution in [3.8, 4) is 6.07 Å². The maximum Gasteiger partial charge on any atom is 0.217 e. The van der Waals surface area contributed by atoms with Gasteiger partial charge in [0, 0.05) is 38.8 Å². The summed E-state index contributed by atoms with van der Waals surface area (Å²) in [7, 11) is -1.43. The summed E-state index contributed by atoms with van der Waals surface area (Å²) >= 11 is 0. The fourth-order valence-corrected chi connectivity index (χ4v) is 7.76. The van der Waals surface area contributed by atoms with Crippen molar-refractivity contribution in [2.45, 2.75) is 55.6 Å². The minimum atomic E-state index is -3.44. The highest BCUT2D eigenvalue weighted by molar-refractivity contribution is 7.90. The molecule has 6 atom stereocenters. The predicted molar refractivity (Wildman–Crippen MR) is 115 cm³/mol. The standard InChI is InChI=1S/C20H35N7O3S/c1-26-19-14(8-23-26)3-2-4-17(19)25-31(28,29)16-9-24-27(10-16)18-7-15(5-6-22-18)20(11-21)12-30-13-20/h14-19,22-25H,2-10,12-13H2,1H3. The van der Waals surface area contributed by atoms with Crippen LogP contribution in [0.3, 0.4) is 0 Å². The molecule has 4 N–H and O–H groups in total. The number of rotatable bonds is 5. The number of hydrazine groups is 2. The lowest BCUT2D eigenvalue weighted by Crippen LogP contribution is -2.58. The Hall–Kier alpha value is -0.840. The summed E-state index contributed by atoms with van der Waals surface area (Å²) in [4.78, 5) is 0. The van der Waals surface area contributed by atoms with E-state index in [0.717, 1.165) is 45.2 Å². The van der Waals surface area contributed by atoms with Gasteiger partial charge in [0.1, 0.15) is 10.7 Å². The molecule has 0 aromatic rings. The molecule has 174 valence electrons. The quantitative estimate of drug-likeness (QED) is 0.413. The third kappa shape index (κ3) is 4.02. The number of fused-ring (bicyclic) bond motifs is 1. The van der Waals surface area contributed by atoms with E-state index >= 15 is 0 Å². The van der Waals surface area contributed by atoms with Gasteiger partial charge in [-0.05, 0) is 44.1 Å². The van der Waals surface area contributed by atoms with Gasteiger partial charge in [0.05, 0.1) is 25.4 Å². The molecule has 4 saturated heterocycles. The molecule has 6 unspecified atom stereocenters. The SMILES string of the molecule is CN1NCC2CCCC(NS(=O)(=O)C3CNN(C4CC(C5(C#N)COC5)CCN4)C3)C21. The van der Waals surface area contributed by atoms with Crippen molar-refractivity contribution < 1.29 is 13.2 Å². The summed E-state index contributed by atoms with van der Waals surface area (Å²) in [6, 6.07) is 2.68. The smallest absolute Gasteiger partial charge is 0.217 e. The summed E-state index contributed by atoms with van der Waals surface area (Å²) in [5, 5.41) is 16.8. The van der Waals surface area contributed by atoms with Crippen LogP contribution in [-0.4, -0.2) is 88.4 Å². The molecule has 1 aliphatic carbocycles. The largest absolute Gasteiger partial charge is 0.378 e. The van der Waals surface area contributed by atoms with Gasteiger partial charge in [0.2, 0.25) is 10.0 Å². The van der Waals surface area contributed by atoms with Gasteiger partial charge in [-0.3, -0.25) is 10.9 Å². The summed E-state index contributed by atoms with van der Waals surface area (Å²) in [5.74, 6) is 0.786. The van der Waals surface area contributed by atoms with Crippen LogP contribution in [0.5, 0.6) is 0 Å². The number of nitriles is 1. The van der Waals surface area contributed by atoms with Gasteiger partial charge in [0.15, 0.2) is 0 Å². The molecule has 0 aromatic carbocycles. The molecule has 0 amide bonds. The third-order valence-electron chi connectivity index (χ3n) is 8.19. The zero-order valence-corrected chi connectivity index (χ0v) is 19.0. The van der Waals surface area contributed by atoms with Gasteiger partial charge in [-0.2, -0.15) is 5.26 Å². The van der Waals surface area contributed by atoms with Crippen LogP contribution in [-0.2, 0) is 14.8 Å². The summed E-state index contributed by atoms with van der Waals surface area (Å²) in [6.45, 7) is 3.66. The van der Waals surface area contributed by atoms with E-state index < -0.39 is 15.3 Å². The molecule has 0 spiro atoms. The minimum Gasteiger partial charge on any atom is -0.378 e. The minimum absolute atomic E-state index is 0.0361. The molecule has 4 heterocycles. The van der Waals surface area contributed by atoms with E-state index in [9.17, 15) is 13.7 Å². The maximum absolute atomic E-state index is 13.3. The molecule has 0 bridgehead atoms. The fourth-order valence-electron chi connectivity index (χ4n) is 6.24. The number of piperidine rings is 1. The Labute approximate surface area is 185 Å². The number of ether oxygens (including phenoxy) is 1. The lowest BCUT2D eigenvalue weighted by atomic mass is 9.70. The van der Waals surface area contributed by atoms with E-state index in [1.165, 1.54) is 0 Å². The summed E-state index contributed by atoms with van der Waals surface area (Å²) in [6.07, 6.45) is 4.93. The molecular formula is C20H35N7O3S. The molecule has 0 radical (unpaired) electrons. The first-order chi connectivity index (χ1) is 14.9. The van der Waals surface area contributed by atoms with Gasteiger partial charge in [-0.15, -0.1) is 0 Å². The first-order valence-corrected chi connectivity index (χ1v) is 13.2. The number of sulfonamides is 1. The van der Waals surface area contributed by atoms with Crippen LogP contribution in [0.2, 0.25) is 0 Å². The van der Waals surface area contributed by atoms with Gasteiger partial charge < -0.3 is 10.1 Å². The van der Waals surface area contributed by atoms with Crippen LogP contribution in [0, 0.1) is 28.6 Å². The topological polar surface area (TPSA) is 122 Å². The maximum atomic E-state index is 13.3. The monoisotopic (exact) mass is 453 g/mol. The molecule has 1 saturated carbocycles. The first-order valence-electron chi connectivity index (χ1n) is 11.6. The van der Waals surface area contributed by atoms with E-state index in [2.05, 4.69) is 32.0 Å². The Kier molecular flexibility index (Phi) is 6.03. The van der Waals surface area contributed by atoms with Gasteiger partial charge in [-0.25, -0.2) is 23.2 Å². The van der Waals surface area contributed by atoms with Crippen LogP contribution in [0.1, 0.15) is 32.1 Å². The zero-order chi connectivity index (χ0) is 21.6. The van der Waals surface area contributed by atoms with Gasteiger partial charge in [0.25, 0.3) is 0 Å². The second-order valence-corrected chi connectivity index (χ2v) is 12.0. The lowest BCUT2D eigenvalue weighted by Gasteiger charge is -2.46. The highest BCUT2D eigenvalue weighted by atomic mass is 32.2. The van der Waals surface area contributed by atoms with Crippen molar-refractivity contribution >= 4 is 10.0 Å². The average molecular weight is 454 g/mol. The van der Waals surface area contributed by atoms with Crippen LogP contribution in [0.4, 0.5) is 0 Å². The predicted octanol–water partition coefficient (Wildman–Crippen LogP) is -1.05. The zero-order valence-electron chi connectivity index (χ0n) is 18.2. The third-order valence-corrected chi connectivity index (χ3v) is 10.0. The van der Waals surface area contributed by atoms with Crippen molar-refractivity contribution in [2.24, 2.45) is 17.3 Å². The molecule has 4 aliphatic heterocycles. The highest BCUT2D eigenvalue weighted by Crippen LogP contribution is 2.41. The van der Waals surface area contributed by atoms with Crippen LogP contribution in [0.25, 0.3) is 0 Å². The van der Waals surface area contributed by atoms with Gasteiger partial charge >= 0.3 is 0 Å². The molecule has 5 rings (SSSR count). The molecule has 11 heteroatoms. The van der Waals surface area contributed by atoms with Crippen molar-refractivity contribution in [2.75, 3.05) is 46.4 Å². The fraction of sp³-hybridized carbons (Fsp3) is 0.950. The number of likely N-dealkylation sites (N-methyl/N-ethyl adjacent to an activating group) is 1. The van der Waals surface area contributed by atoms with E-state index in [1.807, 2.05) is 12.1 Å². The van der Waals surface area contributed by atoms with Gasteiger partial charge in [-0.1, -0.05) is 6.42 Å². The Balaban J connectivity index is 1.20. The van der Waals surface area contributed by atoms with Crippen molar-refractivity contribution in [3.05, 3.63) is 0 Å². The number of nitrogens with one attached hydrogen (secondary N) is 4. The first kappa shape index (κ1) is 22.0. The lowest BCUT2D eigenvalue weighted by molar-refractivity contribution is -0.122. The van der Waals surface area contributed by atoms with Crippen LogP contribution < -0.4 is 20.9 Å². The average Bonchev–Trinajstić information content (AvgIpc) is 3.36. The Bertz CT molecular complexity index is 812. The van der Waals surface area contributed by atoms with E-state index in [1.54, 1.807) is 0 Å². The van der Waals surface area contributed by atoms with E-state index in [4.69, 9.17) is 4.74 Å². The molecule has 31 heavy (non-hydrogen) atoms. The van der Waals surface area contributed by atoms with Crippen LogP contribution >= 0.6 is 0 Å². The Morgan fingerprint density at radius 3 is 2.77 bits per heavy atom. The summed E-state index contributed by atoms with van der Waals surface area (Å²) in [5.41, 5.74) is 6.31. The van der Waals surface area contributed by atoms with E-state index in [-0.39, 0.29) is 29.6 Å². The van der Waals surface area contributed by atoms with Crippen molar-refractivity contribution in [1.29, 1.82) is 5.26 Å². The normalized spacial score (nSPS) is 41.4. The van der Waals surface area contributed by atoms with Crippen LogP contribution in [0.15, 0.2) is 0 Å². The second-order valence-electron chi connectivity index (χ2n) is 10.0. The highest BCUT2D eigenvalue weighted by Gasteiger charge is 2.49. The molecular weight excluding hydrogens is 418 g/mol. The van der Waals surface area contributed by atoms with Crippen molar-refractivity contribution in [3.63, 3.8) is 0 Å². The van der Waals surface area contributed by atoms with Crippen molar-refractivity contribution in [1.82, 2.24) is 30.9 Å². The molecule has 5 aliphatic rings.